The number of aliphatic hydroxyl groups is 1. The van der Waals surface area contributed by atoms with Crippen LogP contribution in [0.3, 0.4) is 0 Å². The molecule has 0 bridgehead atoms. The normalized spacial score (nSPS) is 22.5. The third-order valence-corrected chi connectivity index (χ3v) is 5.34. The molecule has 0 heterocycles. The topological polar surface area (TPSA) is 29.5 Å². The molecule has 1 aromatic rings. The highest BCUT2D eigenvalue weighted by atomic mass is 16.5. The number of hydrogen-bond acceptors (Lipinski definition) is 2. The molecule has 0 saturated heterocycles. The zero-order chi connectivity index (χ0) is 18.5. The Morgan fingerprint density at radius 3 is 2.58 bits per heavy atom. The SMILES string of the molecule is CCCCCCCC/C=C/C[C@]1(COCc2ccccc2)C=CC[C@H]1O. The summed E-state index contributed by atoms with van der Waals surface area (Å²) < 4.78 is 5.97. The molecule has 0 saturated carbocycles. The van der Waals surface area contributed by atoms with Crippen LogP contribution in [0.15, 0.2) is 54.6 Å². The molecule has 26 heavy (non-hydrogen) atoms. The molecule has 0 aliphatic heterocycles. The lowest BCUT2D eigenvalue weighted by Crippen LogP contribution is -2.34. The second kappa shape index (κ2) is 12.1. The van der Waals surface area contributed by atoms with Gasteiger partial charge in [0.2, 0.25) is 0 Å². The fraction of sp³-hybridized carbons (Fsp3) is 0.583. The lowest BCUT2D eigenvalue weighted by atomic mass is 9.82. The molecule has 2 rings (SSSR count). The Balaban J connectivity index is 1.71. The summed E-state index contributed by atoms with van der Waals surface area (Å²) in [4.78, 5) is 0. The maximum absolute atomic E-state index is 10.5. The Labute approximate surface area is 160 Å². The summed E-state index contributed by atoms with van der Waals surface area (Å²) in [6.07, 6.45) is 19.2. The second-order valence-electron chi connectivity index (χ2n) is 7.60. The highest BCUT2D eigenvalue weighted by Gasteiger charge is 2.37. The molecule has 0 radical (unpaired) electrons. The van der Waals surface area contributed by atoms with Crippen LogP contribution in [0.5, 0.6) is 0 Å². The van der Waals surface area contributed by atoms with E-state index in [1.807, 2.05) is 18.2 Å². The van der Waals surface area contributed by atoms with E-state index >= 15 is 0 Å². The summed E-state index contributed by atoms with van der Waals surface area (Å²) in [6.45, 7) is 3.43. The lowest BCUT2D eigenvalue weighted by molar-refractivity contribution is -0.0115. The highest BCUT2D eigenvalue weighted by molar-refractivity contribution is 5.16. The third-order valence-electron chi connectivity index (χ3n) is 5.34. The van der Waals surface area contributed by atoms with Crippen LogP contribution in [0.2, 0.25) is 0 Å². The van der Waals surface area contributed by atoms with E-state index in [1.54, 1.807) is 0 Å². The first kappa shape index (κ1) is 20.9. The fourth-order valence-corrected chi connectivity index (χ4v) is 3.58. The standard InChI is InChI=1S/C24H36O2/c1-2-3-4-5-6-7-8-9-13-18-24(19-14-17-23(24)25)21-26-20-22-15-11-10-12-16-22/h9-16,19,23,25H,2-8,17-18,20-21H2,1H3/b13-9+/t23-,24-/m1/s1. The molecule has 1 aromatic carbocycles. The van der Waals surface area contributed by atoms with Gasteiger partial charge in [-0.15, -0.1) is 0 Å². The molecule has 144 valence electrons. The van der Waals surface area contributed by atoms with Crippen LogP contribution in [-0.2, 0) is 11.3 Å². The van der Waals surface area contributed by atoms with Crippen LogP contribution in [0, 0.1) is 5.41 Å². The van der Waals surface area contributed by atoms with Crippen molar-refractivity contribution in [2.45, 2.75) is 77.4 Å². The van der Waals surface area contributed by atoms with Gasteiger partial charge < -0.3 is 9.84 Å². The number of ether oxygens (including phenoxy) is 1. The van der Waals surface area contributed by atoms with E-state index in [0.717, 1.165) is 19.3 Å². The summed E-state index contributed by atoms with van der Waals surface area (Å²) in [5, 5.41) is 10.5. The van der Waals surface area contributed by atoms with E-state index in [-0.39, 0.29) is 11.5 Å². The molecule has 2 heteroatoms. The predicted molar refractivity (Wildman–Crippen MR) is 110 cm³/mol. The van der Waals surface area contributed by atoms with Gasteiger partial charge in [0.15, 0.2) is 0 Å². The number of aliphatic hydroxyl groups excluding tert-OH is 1. The Hall–Kier alpha value is -1.38. The van der Waals surface area contributed by atoms with Crippen LogP contribution in [0.25, 0.3) is 0 Å². The summed E-state index contributed by atoms with van der Waals surface area (Å²) in [6, 6.07) is 10.2. The van der Waals surface area contributed by atoms with Gasteiger partial charge in [-0.2, -0.15) is 0 Å². The van der Waals surface area contributed by atoms with E-state index in [9.17, 15) is 5.11 Å². The highest BCUT2D eigenvalue weighted by Crippen LogP contribution is 2.37. The Bertz CT molecular complexity index is 534. The van der Waals surface area contributed by atoms with Gasteiger partial charge in [0.25, 0.3) is 0 Å². The number of unbranched alkanes of at least 4 members (excludes halogenated alkanes) is 6. The van der Waals surface area contributed by atoms with Gasteiger partial charge in [-0.25, -0.2) is 0 Å². The van der Waals surface area contributed by atoms with Crippen LogP contribution in [0.4, 0.5) is 0 Å². The smallest absolute Gasteiger partial charge is 0.0717 e. The van der Waals surface area contributed by atoms with Crippen LogP contribution < -0.4 is 0 Å². The molecular formula is C24H36O2. The summed E-state index contributed by atoms with van der Waals surface area (Å²) >= 11 is 0. The van der Waals surface area contributed by atoms with Crippen molar-refractivity contribution in [1.82, 2.24) is 0 Å². The zero-order valence-corrected chi connectivity index (χ0v) is 16.4. The van der Waals surface area contributed by atoms with Crippen molar-refractivity contribution >= 4 is 0 Å². The molecule has 1 N–H and O–H groups in total. The van der Waals surface area contributed by atoms with Crippen LogP contribution in [0.1, 0.15) is 70.3 Å². The zero-order valence-electron chi connectivity index (χ0n) is 16.4. The third kappa shape index (κ3) is 7.09. The number of hydrogen-bond donors (Lipinski definition) is 1. The maximum atomic E-state index is 10.5. The number of benzene rings is 1. The Kier molecular flexibility index (Phi) is 9.73. The number of rotatable bonds is 13. The molecule has 0 fully saturated rings. The van der Waals surface area contributed by atoms with Crippen molar-refractivity contribution in [2.75, 3.05) is 6.61 Å². The largest absolute Gasteiger partial charge is 0.392 e. The first-order chi connectivity index (χ1) is 12.8. The van der Waals surface area contributed by atoms with Gasteiger partial charge >= 0.3 is 0 Å². The van der Waals surface area contributed by atoms with Crippen molar-refractivity contribution in [1.29, 1.82) is 0 Å². The van der Waals surface area contributed by atoms with E-state index in [0.29, 0.717) is 13.2 Å². The van der Waals surface area contributed by atoms with Gasteiger partial charge in [0.1, 0.15) is 0 Å². The second-order valence-corrected chi connectivity index (χ2v) is 7.60. The van der Waals surface area contributed by atoms with Gasteiger partial charge in [-0.1, -0.05) is 93.7 Å². The average molecular weight is 357 g/mol. The van der Waals surface area contributed by atoms with Gasteiger partial charge in [0, 0.05) is 5.41 Å². The van der Waals surface area contributed by atoms with Crippen LogP contribution in [-0.4, -0.2) is 17.8 Å². The van der Waals surface area contributed by atoms with Crippen molar-refractivity contribution in [2.24, 2.45) is 5.41 Å². The molecule has 2 nitrogen and oxygen atoms in total. The average Bonchev–Trinajstić information content (AvgIpc) is 3.02. The van der Waals surface area contributed by atoms with E-state index in [4.69, 9.17) is 4.74 Å². The molecule has 1 aliphatic rings. The predicted octanol–water partition coefficient (Wildman–Crippen LogP) is 6.21. The molecule has 2 atom stereocenters. The summed E-state index contributed by atoms with van der Waals surface area (Å²) in [5.41, 5.74) is 0.921. The van der Waals surface area contributed by atoms with E-state index in [1.165, 1.54) is 44.1 Å². The Morgan fingerprint density at radius 2 is 1.85 bits per heavy atom. The minimum atomic E-state index is -0.336. The first-order valence-electron chi connectivity index (χ1n) is 10.4. The lowest BCUT2D eigenvalue weighted by Gasteiger charge is -2.30. The van der Waals surface area contributed by atoms with Crippen LogP contribution >= 0.6 is 0 Å². The first-order valence-corrected chi connectivity index (χ1v) is 10.4. The van der Waals surface area contributed by atoms with Gasteiger partial charge in [-0.3, -0.25) is 0 Å². The van der Waals surface area contributed by atoms with E-state index in [2.05, 4.69) is 43.4 Å². The Morgan fingerprint density at radius 1 is 1.08 bits per heavy atom. The minimum absolute atomic E-state index is 0.258. The van der Waals surface area contributed by atoms with E-state index < -0.39 is 0 Å². The minimum Gasteiger partial charge on any atom is -0.392 e. The van der Waals surface area contributed by atoms with Crippen molar-refractivity contribution in [3.63, 3.8) is 0 Å². The molecule has 0 aromatic heterocycles. The molecule has 0 unspecified atom stereocenters. The van der Waals surface area contributed by atoms with Crippen molar-refractivity contribution in [3.8, 4) is 0 Å². The fourth-order valence-electron chi connectivity index (χ4n) is 3.58. The van der Waals surface area contributed by atoms with Gasteiger partial charge in [-0.05, 0) is 31.2 Å². The maximum Gasteiger partial charge on any atom is 0.0717 e. The molecule has 1 aliphatic carbocycles. The molecular weight excluding hydrogens is 320 g/mol. The summed E-state index contributed by atoms with van der Waals surface area (Å²) in [7, 11) is 0. The monoisotopic (exact) mass is 356 g/mol. The summed E-state index contributed by atoms with van der Waals surface area (Å²) in [5.74, 6) is 0. The number of allylic oxidation sites excluding steroid dienone is 2. The van der Waals surface area contributed by atoms with Crippen molar-refractivity contribution in [3.05, 3.63) is 60.2 Å². The quantitative estimate of drug-likeness (QED) is 0.336. The van der Waals surface area contributed by atoms with Gasteiger partial charge in [0.05, 0.1) is 19.3 Å². The molecule has 0 amide bonds. The van der Waals surface area contributed by atoms with Crippen molar-refractivity contribution < 1.29 is 9.84 Å². The molecule has 0 spiro atoms.